The molecule has 132 valence electrons. The molecule has 3 rings (SSSR count). The summed E-state index contributed by atoms with van der Waals surface area (Å²) in [5.74, 6) is -1.06. The second-order valence-electron chi connectivity index (χ2n) is 5.67. The van der Waals surface area contributed by atoms with Crippen molar-refractivity contribution in [2.24, 2.45) is 0 Å². The van der Waals surface area contributed by atoms with Crippen LogP contribution in [0, 0.1) is 6.92 Å². The number of carbonyl (C=O) groups excluding carboxylic acids is 2. The fourth-order valence-electron chi connectivity index (χ4n) is 2.42. The van der Waals surface area contributed by atoms with Gasteiger partial charge in [-0.3, -0.25) is 9.20 Å². The molecule has 0 saturated carbocycles. The maximum absolute atomic E-state index is 12.1. The summed E-state index contributed by atoms with van der Waals surface area (Å²) in [6.07, 6.45) is 1.70. The molecule has 0 amide bonds. The third-order valence-electron chi connectivity index (χ3n) is 3.75. The number of methoxy groups -OCH3 is 1. The summed E-state index contributed by atoms with van der Waals surface area (Å²) in [6, 6.07) is 10.8. The Morgan fingerprint density at radius 3 is 2.35 bits per heavy atom. The third-order valence-corrected chi connectivity index (χ3v) is 3.75. The summed E-state index contributed by atoms with van der Waals surface area (Å²) < 4.78 is 11.2. The Kier molecular flexibility index (Phi) is 4.79. The third kappa shape index (κ3) is 3.61. The lowest BCUT2D eigenvalue weighted by Crippen LogP contribution is -2.17. The summed E-state index contributed by atoms with van der Waals surface area (Å²) in [6.45, 7) is 1.75. The molecule has 0 N–H and O–H groups in total. The van der Waals surface area contributed by atoms with E-state index in [4.69, 9.17) is 4.74 Å². The van der Waals surface area contributed by atoms with Crippen molar-refractivity contribution < 1.29 is 19.1 Å². The molecule has 0 unspecified atom stereocenters. The molecule has 0 saturated heterocycles. The van der Waals surface area contributed by atoms with E-state index in [0.29, 0.717) is 16.9 Å². The fraction of sp³-hybridized carbons (Fsp3) is 0.158. The monoisotopic (exact) mass is 352 g/mol. The second kappa shape index (κ2) is 7.18. The van der Waals surface area contributed by atoms with Gasteiger partial charge in [0.1, 0.15) is 12.3 Å². The predicted molar refractivity (Wildman–Crippen MR) is 93.1 cm³/mol. The molecule has 0 atom stereocenters. The average Bonchev–Trinajstić information content (AvgIpc) is 2.66. The Morgan fingerprint density at radius 2 is 1.69 bits per heavy atom. The van der Waals surface area contributed by atoms with Gasteiger partial charge >= 0.3 is 11.9 Å². The minimum absolute atomic E-state index is 0.128. The predicted octanol–water partition coefficient (Wildman–Crippen LogP) is 2.15. The van der Waals surface area contributed by atoms with Gasteiger partial charge in [-0.1, -0.05) is 6.07 Å². The second-order valence-corrected chi connectivity index (χ2v) is 5.67. The number of benzene rings is 1. The van der Waals surface area contributed by atoms with Gasteiger partial charge in [0.05, 0.1) is 23.9 Å². The molecule has 0 fully saturated rings. The molecule has 3 aromatic rings. The first-order valence-corrected chi connectivity index (χ1v) is 7.82. The van der Waals surface area contributed by atoms with Crippen molar-refractivity contribution >= 4 is 17.6 Å². The van der Waals surface area contributed by atoms with Gasteiger partial charge < -0.3 is 9.47 Å². The van der Waals surface area contributed by atoms with Crippen LogP contribution in [0.3, 0.4) is 0 Å². The standard InChI is InChI=1S/C19H16N2O5/c1-12-3-8-16-20-15(9-17(22)21(16)10-12)11-26-19(24)14-6-4-13(5-7-14)18(23)25-2/h3-10H,11H2,1-2H3. The van der Waals surface area contributed by atoms with Gasteiger partial charge in [-0.25, -0.2) is 14.6 Å². The SMILES string of the molecule is COC(=O)c1ccc(C(=O)OCc2cc(=O)n3cc(C)ccc3n2)cc1. The largest absolute Gasteiger partial charge is 0.465 e. The number of nitrogens with zero attached hydrogens (tertiary/aromatic N) is 2. The molecule has 0 aliphatic carbocycles. The number of hydrogen-bond donors (Lipinski definition) is 0. The van der Waals surface area contributed by atoms with E-state index in [1.165, 1.54) is 41.8 Å². The lowest BCUT2D eigenvalue weighted by molar-refractivity contribution is 0.0466. The topological polar surface area (TPSA) is 87.0 Å². The van der Waals surface area contributed by atoms with Gasteiger partial charge in [0, 0.05) is 12.3 Å². The molecule has 7 nitrogen and oxygen atoms in total. The van der Waals surface area contributed by atoms with Crippen LogP contribution < -0.4 is 5.56 Å². The van der Waals surface area contributed by atoms with Crippen LogP contribution in [0.15, 0.2) is 53.5 Å². The Hall–Kier alpha value is -3.48. The van der Waals surface area contributed by atoms with Crippen molar-refractivity contribution in [1.82, 2.24) is 9.38 Å². The first-order valence-electron chi connectivity index (χ1n) is 7.82. The van der Waals surface area contributed by atoms with E-state index in [2.05, 4.69) is 9.72 Å². The van der Waals surface area contributed by atoms with Crippen LogP contribution in [0.1, 0.15) is 32.0 Å². The van der Waals surface area contributed by atoms with E-state index in [1.807, 2.05) is 13.0 Å². The number of carbonyl (C=O) groups is 2. The van der Waals surface area contributed by atoms with Crippen molar-refractivity contribution in [1.29, 1.82) is 0 Å². The van der Waals surface area contributed by atoms with E-state index in [9.17, 15) is 14.4 Å². The van der Waals surface area contributed by atoms with E-state index in [0.717, 1.165) is 5.56 Å². The Labute approximate surface area is 148 Å². The van der Waals surface area contributed by atoms with Crippen LogP contribution in [0.5, 0.6) is 0 Å². The van der Waals surface area contributed by atoms with Gasteiger partial charge in [-0.15, -0.1) is 0 Å². The minimum Gasteiger partial charge on any atom is -0.465 e. The highest BCUT2D eigenvalue weighted by Gasteiger charge is 2.11. The highest BCUT2D eigenvalue weighted by atomic mass is 16.5. The van der Waals surface area contributed by atoms with Gasteiger partial charge in [0.2, 0.25) is 0 Å². The van der Waals surface area contributed by atoms with Crippen molar-refractivity contribution in [3.63, 3.8) is 0 Å². The van der Waals surface area contributed by atoms with Gasteiger partial charge in [0.15, 0.2) is 0 Å². The Bertz CT molecular complexity index is 1040. The van der Waals surface area contributed by atoms with Crippen LogP contribution in [0.4, 0.5) is 0 Å². The highest BCUT2D eigenvalue weighted by Crippen LogP contribution is 2.09. The zero-order valence-corrected chi connectivity index (χ0v) is 14.3. The number of aryl methyl sites for hydroxylation is 1. The lowest BCUT2D eigenvalue weighted by Gasteiger charge is -2.07. The zero-order chi connectivity index (χ0) is 18.7. The summed E-state index contributed by atoms with van der Waals surface area (Å²) in [7, 11) is 1.28. The molecule has 2 heterocycles. The van der Waals surface area contributed by atoms with Gasteiger partial charge in [0.25, 0.3) is 5.56 Å². The molecule has 0 aliphatic rings. The summed E-state index contributed by atoms with van der Waals surface area (Å²) >= 11 is 0. The van der Waals surface area contributed by atoms with E-state index < -0.39 is 11.9 Å². The fourth-order valence-corrected chi connectivity index (χ4v) is 2.42. The number of rotatable bonds is 4. The van der Waals surface area contributed by atoms with Crippen LogP contribution in [0.25, 0.3) is 5.65 Å². The first-order chi connectivity index (χ1) is 12.5. The van der Waals surface area contributed by atoms with Gasteiger partial charge in [-0.05, 0) is 42.8 Å². The molecule has 0 aliphatic heterocycles. The lowest BCUT2D eigenvalue weighted by atomic mass is 10.1. The molecule has 0 spiro atoms. The van der Waals surface area contributed by atoms with Crippen LogP contribution in [0.2, 0.25) is 0 Å². The maximum Gasteiger partial charge on any atom is 0.338 e. The summed E-state index contributed by atoms with van der Waals surface area (Å²) in [5, 5.41) is 0. The molecule has 0 bridgehead atoms. The highest BCUT2D eigenvalue weighted by molar-refractivity contribution is 5.93. The van der Waals surface area contributed by atoms with E-state index in [1.54, 1.807) is 12.3 Å². The molecular formula is C19H16N2O5. The summed E-state index contributed by atoms with van der Waals surface area (Å²) in [4.78, 5) is 40.0. The number of hydrogen-bond acceptors (Lipinski definition) is 6. The van der Waals surface area contributed by atoms with Crippen LogP contribution in [-0.2, 0) is 16.1 Å². The van der Waals surface area contributed by atoms with Crippen molar-refractivity contribution in [2.75, 3.05) is 7.11 Å². The number of pyridine rings is 1. The first kappa shape index (κ1) is 17.3. The smallest absolute Gasteiger partial charge is 0.338 e. The van der Waals surface area contributed by atoms with Crippen molar-refractivity contribution in [2.45, 2.75) is 13.5 Å². The molecule has 26 heavy (non-hydrogen) atoms. The Balaban J connectivity index is 1.73. The van der Waals surface area contributed by atoms with Crippen LogP contribution in [-0.4, -0.2) is 28.4 Å². The molecule has 2 aromatic heterocycles. The van der Waals surface area contributed by atoms with Crippen molar-refractivity contribution in [3.05, 3.63) is 81.4 Å². The minimum atomic E-state index is -0.577. The maximum atomic E-state index is 12.1. The quantitative estimate of drug-likeness (QED) is 0.669. The normalized spacial score (nSPS) is 10.5. The van der Waals surface area contributed by atoms with Crippen molar-refractivity contribution in [3.8, 4) is 0 Å². The molecule has 0 radical (unpaired) electrons. The zero-order valence-electron chi connectivity index (χ0n) is 14.3. The number of esters is 2. The number of ether oxygens (including phenoxy) is 2. The number of aromatic nitrogens is 2. The molecule has 1 aromatic carbocycles. The van der Waals surface area contributed by atoms with Crippen LogP contribution >= 0.6 is 0 Å². The Morgan fingerprint density at radius 1 is 1.04 bits per heavy atom. The summed E-state index contributed by atoms with van der Waals surface area (Å²) in [5.41, 5.74) is 2.16. The molecular weight excluding hydrogens is 336 g/mol. The average molecular weight is 352 g/mol. The number of fused-ring (bicyclic) bond motifs is 1. The van der Waals surface area contributed by atoms with E-state index in [-0.39, 0.29) is 17.7 Å². The van der Waals surface area contributed by atoms with Gasteiger partial charge in [-0.2, -0.15) is 0 Å². The van der Waals surface area contributed by atoms with E-state index >= 15 is 0 Å². The molecule has 7 heteroatoms.